The highest BCUT2D eigenvalue weighted by atomic mass is 19.1. The Morgan fingerprint density at radius 3 is 2.61 bits per heavy atom. The molecule has 0 saturated heterocycles. The lowest BCUT2D eigenvalue weighted by molar-refractivity contribution is -0.148. The van der Waals surface area contributed by atoms with E-state index in [2.05, 4.69) is 20.5 Å². The first kappa shape index (κ1) is 20.6. The van der Waals surface area contributed by atoms with E-state index in [1.54, 1.807) is 11.9 Å². The number of hydrogen-bond donors (Lipinski definition) is 3. The number of nitrogens with one attached hydrogen (secondary N) is 2. The molecule has 4 saturated carbocycles. The van der Waals surface area contributed by atoms with E-state index < -0.39 is 35.7 Å². The van der Waals surface area contributed by atoms with Gasteiger partial charge < -0.3 is 15.3 Å². The number of carboxylic acids is 1. The Morgan fingerprint density at radius 2 is 1.91 bits per heavy atom. The number of aliphatic carboxylic acids is 1. The highest BCUT2D eigenvalue weighted by Gasteiger charge is 2.48. The van der Waals surface area contributed by atoms with E-state index >= 15 is 4.39 Å². The van der Waals surface area contributed by atoms with Crippen LogP contribution in [0.4, 0.5) is 8.78 Å². The largest absolute Gasteiger partial charge is 0.481 e. The number of H-pyrrole nitrogens is 1. The van der Waals surface area contributed by atoms with Crippen molar-refractivity contribution in [3.8, 4) is 0 Å². The van der Waals surface area contributed by atoms with Crippen molar-refractivity contribution in [3.63, 3.8) is 0 Å². The van der Waals surface area contributed by atoms with Gasteiger partial charge in [-0.15, -0.1) is 0 Å². The number of aliphatic imine (C=N–C) groups is 1. The fourth-order valence-corrected chi connectivity index (χ4v) is 5.98. The van der Waals surface area contributed by atoms with Crippen molar-refractivity contribution in [2.75, 3.05) is 7.05 Å². The molecule has 3 heterocycles. The third-order valence-corrected chi connectivity index (χ3v) is 7.84. The van der Waals surface area contributed by atoms with Crippen LogP contribution < -0.4 is 5.32 Å². The number of nitrogens with zero attached hydrogens (tertiary/aromatic N) is 4. The molecule has 10 heteroatoms. The predicted molar refractivity (Wildman–Crippen MR) is 116 cm³/mol. The maximum atomic E-state index is 15.8. The van der Waals surface area contributed by atoms with Crippen LogP contribution in [0.25, 0.3) is 11.0 Å². The second-order valence-corrected chi connectivity index (χ2v) is 9.80. The van der Waals surface area contributed by atoms with Crippen LogP contribution in [0.1, 0.15) is 50.4 Å². The molecule has 1 aliphatic heterocycles. The van der Waals surface area contributed by atoms with Gasteiger partial charge in [-0.1, -0.05) is 0 Å². The number of amidine groups is 1. The molecule has 4 fully saturated rings. The number of carboxylic acid groups (broad SMARTS) is 1. The Bertz CT molecular complexity index is 1180. The summed E-state index contributed by atoms with van der Waals surface area (Å²) in [5.41, 5.74) is 1.42. The molecule has 2 aromatic heterocycles. The van der Waals surface area contributed by atoms with Gasteiger partial charge in [-0.3, -0.25) is 14.9 Å². The molecule has 7 rings (SSSR count). The van der Waals surface area contributed by atoms with Crippen molar-refractivity contribution in [1.29, 1.82) is 0 Å². The summed E-state index contributed by atoms with van der Waals surface area (Å²) in [5, 5.41) is 20.8. The third kappa shape index (κ3) is 3.29. The molecular weight excluding hydrogens is 430 g/mol. The number of carbonyl (C=O) groups is 1. The Kier molecular flexibility index (Phi) is 4.67. The van der Waals surface area contributed by atoms with Crippen molar-refractivity contribution in [2.45, 2.75) is 50.7 Å². The number of rotatable bonds is 4. The highest BCUT2D eigenvalue weighted by Crippen LogP contribution is 2.48. The van der Waals surface area contributed by atoms with Crippen LogP contribution in [0.5, 0.6) is 0 Å². The summed E-state index contributed by atoms with van der Waals surface area (Å²) < 4.78 is 29.7. The van der Waals surface area contributed by atoms with Crippen molar-refractivity contribution in [3.05, 3.63) is 35.3 Å². The van der Waals surface area contributed by atoms with Crippen molar-refractivity contribution >= 4 is 22.8 Å². The lowest BCUT2D eigenvalue weighted by atomic mass is 9.62. The second-order valence-electron chi connectivity index (χ2n) is 9.80. The van der Waals surface area contributed by atoms with E-state index in [1.807, 2.05) is 0 Å². The Hall–Kier alpha value is -3.04. The molecule has 3 atom stereocenters. The van der Waals surface area contributed by atoms with Gasteiger partial charge in [-0.25, -0.2) is 13.8 Å². The third-order valence-electron chi connectivity index (χ3n) is 7.84. The number of likely N-dealkylation sites (N-methyl/N-ethyl adjacent to an activating group) is 1. The Labute approximate surface area is 189 Å². The first-order chi connectivity index (χ1) is 15.9. The number of aromatic nitrogens is 3. The van der Waals surface area contributed by atoms with Gasteiger partial charge in [0.2, 0.25) is 0 Å². The molecule has 2 bridgehead atoms. The van der Waals surface area contributed by atoms with Crippen molar-refractivity contribution < 1.29 is 18.7 Å². The standard InChI is InChI=1S/C23H26F2N6O2/c1-31-21(27-17-11-4-2-10(3-5-11)15(17)23(32)33)16(25)18(12-6-7-12)28-22(31)19-14-8-13(24)9-26-20(14)30-29-19/h8-12,15,17,22,28H,2-7H2,1H3,(H,32,33)(H,26,29,30)/t10?,11?,15-,17-,22?/m0/s1. The van der Waals surface area contributed by atoms with E-state index in [0.29, 0.717) is 22.4 Å². The smallest absolute Gasteiger partial charge is 0.308 e. The Balaban J connectivity index is 1.44. The summed E-state index contributed by atoms with van der Waals surface area (Å²) in [6, 6.07) is 0.912. The molecule has 0 aromatic carbocycles. The maximum absolute atomic E-state index is 15.8. The molecule has 33 heavy (non-hydrogen) atoms. The van der Waals surface area contributed by atoms with Crippen LogP contribution in [0.3, 0.4) is 0 Å². The zero-order valence-electron chi connectivity index (χ0n) is 18.3. The minimum absolute atomic E-state index is 0.0773. The normalized spacial score (nSPS) is 33.1. The van der Waals surface area contributed by atoms with E-state index in [-0.39, 0.29) is 23.6 Å². The van der Waals surface area contributed by atoms with Crippen molar-refractivity contribution in [2.24, 2.45) is 28.7 Å². The molecular formula is C23H26F2N6O2. The molecule has 0 radical (unpaired) electrons. The van der Waals surface area contributed by atoms with Crippen LogP contribution >= 0.6 is 0 Å². The SMILES string of the molecule is CN1C(=N[C@H]2C3CCC(CC3)[C@@H]2C(=O)O)C(F)=C(C2CC2)NC1c1[nH]nc2ncc(F)cc12. The summed E-state index contributed by atoms with van der Waals surface area (Å²) in [6.07, 6.45) is 5.96. The van der Waals surface area contributed by atoms with E-state index in [0.717, 1.165) is 44.7 Å². The van der Waals surface area contributed by atoms with E-state index in [9.17, 15) is 14.3 Å². The molecule has 2 aromatic rings. The van der Waals surface area contributed by atoms with Crippen LogP contribution in [0.2, 0.25) is 0 Å². The molecule has 174 valence electrons. The van der Waals surface area contributed by atoms with Gasteiger partial charge in [0.1, 0.15) is 12.0 Å². The van der Waals surface area contributed by atoms with E-state index in [1.165, 1.54) is 6.07 Å². The minimum atomic E-state index is -0.847. The summed E-state index contributed by atoms with van der Waals surface area (Å²) in [6.45, 7) is 0. The average molecular weight is 456 g/mol. The molecule has 4 aliphatic carbocycles. The fourth-order valence-electron chi connectivity index (χ4n) is 5.98. The van der Waals surface area contributed by atoms with Crippen LogP contribution in [-0.4, -0.2) is 50.1 Å². The van der Waals surface area contributed by atoms with Crippen LogP contribution in [0, 0.1) is 29.5 Å². The summed E-state index contributed by atoms with van der Waals surface area (Å²) in [7, 11) is 1.72. The molecule has 8 nitrogen and oxygen atoms in total. The number of halogens is 2. The number of allylic oxidation sites excluding steroid dienone is 1. The molecule has 3 N–H and O–H groups in total. The minimum Gasteiger partial charge on any atom is -0.481 e. The number of aromatic amines is 1. The zero-order chi connectivity index (χ0) is 22.9. The topological polar surface area (TPSA) is 106 Å². The lowest BCUT2D eigenvalue weighted by Gasteiger charge is -2.46. The monoisotopic (exact) mass is 456 g/mol. The predicted octanol–water partition coefficient (Wildman–Crippen LogP) is 3.51. The number of hydrogen-bond acceptors (Lipinski definition) is 5. The van der Waals surface area contributed by atoms with E-state index in [4.69, 9.17) is 4.99 Å². The quantitative estimate of drug-likeness (QED) is 0.650. The zero-order valence-corrected chi connectivity index (χ0v) is 18.3. The van der Waals surface area contributed by atoms with Crippen LogP contribution in [0.15, 0.2) is 28.8 Å². The number of pyridine rings is 1. The lowest BCUT2D eigenvalue weighted by Crippen LogP contribution is -2.50. The molecule has 0 spiro atoms. The Morgan fingerprint density at radius 1 is 1.18 bits per heavy atom. The molecule has 0 amide bonds. The maximum Gasteiger partial charge on any atom is 0.308 e. The summed E-state index contributed by atoms with van der Waals surface area (Å²) >= 11 is 0. The van der Waals surface area contributed by atoms with Crippen molar-refractivity contribution in [1.82, 2.24) is 25.4 Å². The average Bonchev–Trinajstić information content (AvgIpc) is 3.57. The first-order valence-electron chi connectivity index (χ1n) is 11.6. The molecule has 1 unspecified atom stereocenters. The van der Waals surface area contributed by atoms with Crippen LogP contribution in [-0.2, 0) is 4.79 Å². The van der Waals surface area contributed by atoms with Gasteiger partial charge in [0.15, 0.2) is 17.3 Å². The summed E-state index contributed by atoms with van der Waals surface area (Å²) in [4.78, 5) is 22.6. The number of fused-ring (bicyclic) bond motifs is 4. The van der Waals surface area contributed by atoms with Gasteiger partial charge in [-0.2, -0.15) is 5.10 Å². The first-order valence-corrected chi connectivity index (χ1v) is 11.6. The van der Waals surface area contributed by atoms with Gasteiger partial charge in [0.05, 0.1) is 29.5 Å². The highest BCUT2D eigenvalue weighted by molar-refractivity contribution is 5.98. The van der Waals surface area contributed by atoms with Gasteiger partial charge in [-0.05, 0) is 56.4 Å². The van der Waals surface area contributed by atoms with Gasteiger partial charge in [0, 0.05) is 18.4 Å². The van der Waals surface area contributed by atoms with Gasteiger partial charge >= 0.3 is 5.97 Å². The molecule has 5 aliphatic rings. The summed E-state index contributed by atoms with van der Waals surface area (Å²) in [5.74, 6) is -1.86. The second kappa shape index (κ2) is 7.50. The fraction of sp³-hybridized carbons (Fsp3) is 0.565. The van der Waals surface area contributed by atoms with Gasteiger partial charge in [0.25, 0.3) is 0 Å².